The van der Waals surface area contributed by atoms with Gasteiger partial charge in [-0.05, 0) is 47.2 Å². The molecule has 0 aliphatic carbocycles. The number of amides is 1. The first-order valence-corrected chi connectivity index (χ1v) is 6.75. The first-order valence-electron chi connectivity index (χ1n) is 5.67. The van der Waals surface area contributed by atoms with Gasteiger partial charge in [-0.1, -0.05) is 0 Å². The van der Waals surface area contributed by atoms with Crippen molar-refractivity contribution in [3.63, 3.8) is 0 Å². The Morgan fingerprint density at radius 3 is 2.89 bits per heavy atom. The molecule has 1 aromatic carbocycles. The van der Waals surface area contributed by atoms with Crippen molar-refractivity contribution >= 4 is 34.2 Å². The first-order chi connectivity index (χ1) is 8.65. The van der Waals surface area contributed by atoms with Crippen LogP contribution >= 0.6 is 22.6 Å². The molecule has 0 fully saturated rings. The van der Waals surface area contributed by atoms with Gasteiger partial charge in [-0.2, -0.15) is 0 Å². The van der Waals surface area contributed by atoms with E-state index in [9.17, 15) is 4.79 Å². The third-order valence-electron chi connectivity index (χ3n) is 2.25. The summed E-state index contributed by atoms with van der Waals surface area (Å²) in [7, 11) is 0. The zero-order chi connectivity index (χ0) is 13.4. The standard InChI is InChI=1S/C12H17IN2O3/c13-10-8-9(2-3-11(10)14)12(17)15-4-1-6-18-7-5-16/h2-3,8,16H,1,4-7,14H2,(H,15,17). The van der Waals surface area contributed by atoms with Crippen molar-refractivity contribution in [2.24, 2.45) is 0 Å². The Morgan fingerprint density at radius 2 is 2.22 bits per heavy atom. The van der Waals surface area contributed by atoms with Crippen LogP contribution in [0.15, 0.2) is 18.2 Å². The van der Waals surface area contributed by atoms with Gasteiger partial charge in [0.25, 0.3) is 5.91 Å². The molecule has 0 spiro atoms. The maximum atomic E-state index is 11.8. The number of carbonyl (C=O) groups is 1. The average Bonchev–Trinajstić information content (AvgIpc) is 2.36. The molecule has 18 heavy (non-hydrogen) atoms. The van der Waals surface area contributed by atoms with Crippen molar-refractivity contribution in [1.29, 1.82) is 0 Å². The van der Waals surface area contributed by atoms with Gasteiger partial charge in [0.1, 0.15) is 0 Å². The summed E-state index contributed by atoms with van der Waals surface area (Å²) in [5.41, 5.74) is 6.95. The van der Waals surface area contributed by atoms with Crippen LogP contribution in [0.2, 0.25) is 0 Å². The molecule has 0 radical (unpaired) electrons. The van der Waals surface area contributed by atoms with Crippen LogP contribution in [0.4, 0.5) is 5.69 Å². The lowest BCUT2D eigenvalue weighted by Gasteiger charge is -2.07. The molecular formula is C12H17IN2O3. The normalized spacial score (nSPS) is 10.3. The maximum Gasteiger partial charge on any atom is 0.251 e. The van der Waals surface area contributed by atoms with Crippen LogP contribution in [-0.2, 0) is 4.74 Å². The van der Waals surface area contributed by atoms with E-state index in [0.717, 1.165) is 9.99 Å². The number of anilines is 1. The number of nitrogens with one attached hydrogen (secondary N) is 1. The van der Waals surface area contributed by atoms with E-state index in [1.807, 2.05) is 0 Å². The quantitative estimate of drug-likeness (QED) is 0.383. The van der Waals surface area contributed by atoms with Crippen molar-refractivity contribution in [3.05, 3.63) is 27.3 Å². The van der Waals surface area contributed by atoms with E-state index in [4.69, 9.17) is 15.6 Å². The smallest absolute Gasteiger partial charge is 0.251 e. The van der Waals surface area contributed by atoms with Crippen LogP contribution in [0.5, 0.6) is 0 Å². The number of hydrogen-bond donors (Lipinski definition) is 3. The molecule has 1 aromatic rings. The van der Waals surface area contributed by atoms with Crippen LogP contribution in [0, 0.1) is 3.57 Å². The Labute approximate surface area is 120 Å². The molecule has 0 saturated heterocycles. The van der Waals surface area contributed by atoms with Gasteiger partial charge in [0.05, 0.1) is 13.2 Å². The average molecular weight is 364 g/mol. The number of carbonyl (C=O) groups excluding carboxylic acids is 1. The zero-order valence-corrected chi connectivity index (χ0v) is 12.1. The Bertz CT molecular complexity index is 399. The molecule has 0 aliphatic rings. The minimum Gasteiger partial charge on any atom is -0.398 e. The highest BCUT2D eigenvalue weighted by atomic mass is 127. The van der Waals surface area contributed by atoms with E-state index < -0.39 is 0 Å². The first kappa shape index (κ1) is 15.2. The monoisotopic (exact) mass is 364 g/mol. The van der Waals surface area contributed by atoms with Crippen molar-refractivity contribution in [1.82, 2.24) is 5.32 Å². The summed E-state index contributed by atoms with van der Waals surface area (Å²) in [4.78, 5) is 11.8. The Morgan fingerprint density at radius 1 is 1.44 bits per heavy atom. The summed E-state index contributed by atoms with van der Waals surface area (Å²) in [5, 5.41) is 11.3. The van der Waals surface area contributed by atoms with E-state index in [2.05, 4.69) is 27.9 Å². The Kier molecular flexibility index (Phi) is 6.99. The van der Waals surface area contributed by atoms with Gasteiger partial charge in [0.15, 0.2) is 0 Å². The highest BCUT2D eigenvalue weighted by Crippen LogP contribution is 2.16. The third kappa shape index (κ3) is 5.19. The van der Waals surface area contributed by atoms with Gasteiger partial charge in [-0.3, -0.25) is 4.79 Å². The molecule has 4 N–H and O–H groups in total. The summed E-state index contributed by atoms with van der Waals surface area (Å²) < 4.78 is 5.95. The molecule has 0 atom stereocenters. The molecule has 1 rings (SSSR count). The minimum atomic E-state index is -0.116. The number of halogens is 1. The van der Waals surface area contributed by atoms with Crippen molar-refractivity contribution in [2.45, 2.75) is 6.42 Å². The summed E-state index contributed by atoms with van der Waals surface area (Å²) in [6, 6.07) is 5.18. The fourth-order valence-corrected chi connectivity index (χ4v) is 1.83. The van der Waals surface area contributed by atoms with Crippen LogP contribution in [-0.4, -0.2) is 37.4 Å². The summed E-state index contributed by atoms with van der Waals surface area (Å²) in [6.45, 7) is 1.44. The zero-order valence-electron chi connectivity index (χ0n) is 9.99. The van der Waals surface area contributed by atoms with Gasteiger partial charge in [0, 0.05) is 28.0 Å². The van der Waals surface area contributed by atoms with Gasteiger partial charge < -0.3 is 20.9 Å². The molecule has 0 aromatic heterocycles. The SMILES string of the molecule is Nc1ccc(C(=O)NCCCOCCO)cc1I. The van der Waals surface area contributed by atoms with Crippen molar-refractivity contribution in [2.75, 3.05) is 32.1 Å². The number of aliphatic hydroxyl groups is 1. The number of aliphatic hydroxyl groups excluding tert-OH is 1. The van der Waals surface area contributed by atoms with Gasteiger partial charge in [-0.25, -0.2) is 0 Å². The van der Waals surface area contributed by atoms with E-state index in [1.165, 1.54) is 0 Å². The van der Waals surface area contributed by atoms with Gasteiger partial charge in [0.2, 0.25) is 0 Å². The second kappa shape index (κ2) is 8.28. The van der Waals surface area contributed by atoms with Crippen molar-refractivity contribution < 1.29 is 14.6 Å². The predicted molar refractivity (Wildman–Crippen MR) is 78.4 cm³/mol. The molecule has 5 nitrogen and oxygen atoms in total. The Hall–Kier alpha value is -0.860. The number of nitrogen functional groups attached to an aromatic ring is 1. The highest BCUT2D eigenvalue weighted by molar-refractivity contribution is 14.1. The van der Waals surface area contributed by atoms with Crippen molar-refractivity contribution in [3.8, 4) is 0 Å². The molecule has 1 amide bonds. The molecule has 100 valence electrons. The molecular weight excluding hydrogens is 347 g/mol. The fraction of sp³-hybridized carbons (Fsp3) is 0.417. The Balaban J connectivity index is 2.30. The predicted octanol–water partition coefficient (Wildman–Crippen LogP) is 1.00. The lowest BCUT2D eigenvalue weighted by Crippen LogP contribution is -2.25. The fourth-order valence-electron chi connectivity index (χ4n) is 1.31. The summed E-state index contributed by atoms with van der Waals surface area (Å²) in [5.74, 6) is -0.116. The van der Waals surface area contributed by atoms with Crippen LogP contribution in [0.25, 0.3) is 0 Å². The lowest BCUT2D eigenvalue weighted by atomic mass is 10.2. The number of benzene rings is 1. The second-order valence-electron chi connectivity index (χ2n) is 3.68. The van der Waals surface area contributed by atoms with Gasteiger partial charge >= 0.3 is 0 Å². The number of rotatable bonds is 7. The number of nitrogens with two attached hydrogens (primary N) is 1. The second-order valence-corrected chi connectivity index (χ2v) is 4.84. The molecule has 0 heterocycles. The molecule has 6 heteroatoms. The third-order valence-corrected chi connectivity index (χ3v) is 3.18. The molecule has 0 unspecified atom stereocenters. The van der Waals surface area contributed by atoms with E-state index in [1.54, 1.807) is 18.2 Å². The van der Waals surface area contributed by atoms with Crippen LogP contribution in [0.3, 0.4) is 0 Å². The van der Waals surface area contributed by atoms with Crippen LogP contribution in [0.1, 0.15) is 16.8 Å². The summed E-state index contributed by atoms with van der Waals surface area (Å²) >= 11 is 2.09. The number of ether oxygens (including phenoxy) is 1. The topological polar surface area (TPSA) is 84.6 Å². The van der Waals surface area contributed by atoms with E-state index in [0.29, 0.717) is 31.0 Å². The maximum absolute atomic E-state index is 11.8. The van der Waals surface area contributed by atoms with E-state index in [-0.39, 0.29) is 12.5 Å². The minimum absolute atomic E-state index is 0.0240. The van der Waals surface area contributed by atoms with Gasteiger partial charge in [-0.15, -0.1) is 0 Å². The highest BCUT2D eigenvalue weighted by Gasteiger charge is 2.06. The number of hydrogen-bond acceptors (Lipinski definition) is 4. The lowest BCUT2D eigenvalue weighted by molar-refractivity contribution is 0.0867. The van der Waals surface area contributed by atoms with Crippen LogP contribution < -0.4 is 11.1 Å². The summed E-state index contributed by atoms with van der Waals surface area (Å²) in [6.07, 6.45) is 0.720. The van der Waals surface area contributed by atoms with E-state index >= 15 is 0 Å². The molecule has 0 bridgehead atoms. The largest absolute Gasteiger partial charge is 0.398 e. The molecule has 0 aliphatic heterocycles. The molecule has 0 saturated carbocycles.